The molecule has 0 spiro atoms. The van der Waals surface area contributed by atoms with Crippen molar-refractivity contribution in [1.29, 1.82) is 0 Å². The summed E-state index contributed by atoms with van der Waals surface area (Å²) in [5.74, 6) is 0. The van der Waals surface area contributed by atoms with E-state index in [9.17, 15) is 4.79 Å². The minimum Gasteiger partial charge on any atom is -0.286 e. The molecule has 1 atom stereocenters. The molecular formula is C23H19Cl3N2O. The first-order valence-corrected chi connectivity index (χ1v) is 10.3. The van der Waals surface area contributed by atoms with Gasteiger partial charge in [0.2, 0.25) is 0 Å². The molecule has 3 aromatic carbocycles. The fourth-order valence-electron chi connectivity index (χ4n) is 4.03. The van der Waals surface area contributed by atoms with Gasteiger partial charge in [-0.1, -0.05) is 46.9 Å². The smallest absolute Gasteiger partial charge is 0.286 e. The van der Waals surface area contributed by atoms with Crippen molar-refractivity contribution in [3.63, 3.8) is 0 Å². The van der Waals surface area contributed by atoms with Gasteiger partial charge >= 0.3 is 6.03 Å². The van der Waals surface area contributed by atoms with Crippen LogP contribution in [0.4, 0.5) is 16.2 Å². The van der Waals surface area contributed by atoms with Crippen LogP contribution in [-0.2, 0) is 0 Å². The molecular weight excluding hydrogens is 427 g/mol. The highest BCUT2D eigenvalue weighted by Crippen LogP contribution is 2.48. The molecule has 1 aliphatic rings. The number of benzene rings is 3. The van der Waals surface area contributed by atoms with Crippen LogP contribution in [-0.4, -0.2) is 11.6 Å². The summed E-state index contributed by atoms with van der Waals surface area (Å²) in [6.45, 7) is 4.11. The molecule has 2 amide bonds. The van der Waals surface area contributed by atoms with Gasteiger partial charge in [0, 0.05) is 26.4 Å². The van der Waals surface area contributed by atoms with Gasteiger partial charge in [0.1, 0.15) is 0 Å². The zero-order valence-electron chi connectivity index (χ0n) is 15.9. The monoisotopic (exact) mass is 444 g/mol. The average molecular weight is 446 g/mol. The molecule has 6 heteroatoms. The van der Waals surface area contributed by atoms with Crippen LogP contribution in [0.3, 0.4) is 0 Å². The van der Waals surface area contributed by atoms with Gasteiger partial charge in [-0.3, -0.25) is 9.80 Å². The molecule has 0 bridgehead atoms. The normalized spacial score (nSPS) is 18.4. The van der Waals surface area contributed by atoms with Gasteiger partial charge in [0.25, 0.3) is 0 Å². The van der Waals surface area contributed by atoms with Crippen molar-refractivity contribution < 1.29 is 4.79 Å². The van der Waals surface area contributed by atoms with Crippen molar-refractivity contribution in [3.05, 3.63) is 93.4 Å². The summed E-state index contributed by atoms with van der Waals surface area (Å²) in [5, 5.41) is 1.87. The molecule has 3 nitrogen and oxygen atoms in total. The molecule has 0 aromatic heterocycles. The third-order valence-electron chi connectivity index (χ3n) is 5.26. The zero-order valence-corrected chi connectivity index (χ0v) is 18.2. The van der Waals surface area contributed by atoms with Gasteiger partial charge in [-0.2, -0.15) is 0 Å². The highest BCUT2D eigenvalue weighted by atomic mass is 35.5. The van der Waals surface area contributed by atoms with Crippen LogP contribution in [0, 0.1) is 0 Å². The molecule has 0 aliphatic carbocycles. The molecule has 1 saturated heterocycles. The Bertz CT molecular complexity index is 1050. The minimum absolute atomic E-state index is 0.121. The fraction of sp³-hybridized carbons (Fsp3) is 0.174. The summed E-state index contributed by atoms with van der Waals surface area (Å²) in [5.41, 5.74) is 1.96. The van der Waals surface area contributed by atoms with Gasteiger partial charge in [-0.15, -0.1) is 0 Å². The SMILES string of the molecule is CC1(C)[C@H](c2cccc(Cl)c2)N(c2ccc(Cl)cc2)C(=O)N1c1ccc(Cl)cc1. The van der Waals surface area contributed by atoms with E-state index in [1.54, 1.807) is 29.2 Å². The Labute approximate surface area is 185 Å². The van der Waals surface area contributed by atoms with Gasteiger partial charge in [-0.25, -0.2) is 4.79 Å². The standard InChI is InChI=1S/C23H19Cl3N2O/c1-23(2)21(15-4-3-5-18(26)14-15)27(19-10-6-16(24)7-11-19)22(29)28(23)20-12-8-17(25)9-13-20/h3-14,21H,1-2H3/t21-/m0/s1. The fourth-order valence-corrected chi connectivity index (χ4v) is 4.48. The predicted molar refractivity (Wildman–Crippen MR) is 122 cm³/mol. The summed E-state index contributed by atoms with van der Waals surface area (Å²) in [4.78, 5) is 17.3. The van der Waals surface area contributed by atoms with E-state index in [1.165, 1.54) is 0 Å². The van der Waals surface area contributed by atoms with Crippen molar-refractivity contribution >= 4 is 52.2 Å². The van der Waals surface area contributed by atoms with E-state index in [2.05, 4.69) is 13.8 Å². The predicted octanol–water partition coefficient (Wildman–Crippen LogP) is 7.61. The zero-order chi connectivity index (χ0) is 20.8. The average Bonchev–Trinajstić information content (AvgIpc) is 2.89. The Morgan fingerprint density at radius 1 is 0.759 bits per heavy atom. The third kappa shape index (κ3) is 3.59. The van der Waals surface area contributed by atoms with Crippen LogP contribution in [0.15, 0.2) is 72.8 Å². The second-order valence-electron chi connectivity index (χ2n) is 7.55. The number of carbonyl (C=O) groups excluding carboxylic acids is 1. The molecule has 1 aliphatic heterocycles. The maximum Gasteiger partial charge on any atom is 0.330 e. The summed E-state index contributed by atoms with van der Waals surface area (Å²) < 4.78 is 0. The van der Waals surface area contributed by atoms with Crippen molar-refractivity contribution in [1.82, 2.24) is 0 Å². The number of urea groups is 1. The van der Waals surface area contributed by atoms with E-state index < -0.39 is 5.54 Å². The second kappa shape index (κ2) is 7.56. The lowest BCUT2D eigenvalue weighted by atomic mass is 9.87. The van der Waals surface area contributed by atoms with Crippen LogP contribution < -0.4 is 9.80 Å². The molecule has 0 unspecified atom stereocenters. The highest BCUT2D eigenvalue weighted by Gasteiger charge is 2.53. The number of carbonyl (C=O) groups is 1. The first-order valence-electron chi connectivity index (χ1n) is 9.19. The Balaban J connectivity index is 1.90. The first kappa shape index (κ1) is 20.1. The highest BCUT2D eigenvalue weighted by molar-refractivity contribution is 6.31. The van der Waals surface area contributed by atoms with Crippen LogP contribution in [0.25, 0.3) is 0 Å². The topological polar surface area (TPSA) is 23.6 Å². The number of hydrogen-bond donors (Lipinski definition) is 0. The van der Waals surface area contributed by atoms with Crippen molar-refractivity contribution in [2.45, 2.75) is 25.4 Å². The molecule has 0 radical (unpaired) electrons. The number of halogens is 3. The maximum absolute atomic E-state index is 13.7. The number of nitrogens with zero attached hydrogens (tertiary/aromatic N) is 2. The summed E-state index contributed by atoms with van der Waals surface area (Å²) in [6.07, 6.45) is 0. The quantitative estimate of drug-likeness (QED) is 0.407. The number of hydrogen-bond acceptors (Lipinski definition) is 1. The van der Waals surface area contributed by atoms with Crippen molar-refractivity contribution in [2.24, 2.45) is 0 Å². The van der Waals surface area contributed by atoms with E-state index in [0.29, 0.717) is 15.1 Å². The molecule has 148 valence electrons. The molecule has 1 fully saturated rings. The molecule has 1 heterocycles. The van der Waals surface area contributed by atoms with Gasteiger partial charge < -0.3 is 0 Å². The second-order valence-corrected chi connectivity index (χ2v) is 8.86. The molecule has 3 aromatic rings. The van der Waals surface area contributed by atoms with Crippen molar-refractivity contribution in [3.8, 4) is 0 Å². The van der Waals surface area contributed by atoms with E-state index in [4.69, 9.17) is 34.8 Å². The van der Waals surface area contributed by atoms with Crippen LogP contribution in [0.2, 0.25) is 15.1 Å². The van der Waals surface area contributed by atoms with Crippen molar-refractivity contribution in [2.75, 3.05) is 9.80 Å². The number of amides is 2. The van der Waals surface area contributed by atoms with E-state index in [0.717, 1.165) is 16.9 Å². The third-order valence-corrected chi connectivity index (χ3v) is 5.99. The van der Waals surface area contributed by atoms with Gasteiger partial charge in [0.05, 0.1) is 11.6 Å². The Morgan fingerprint density at radius 3 is 1.86 bits per heavy atom. The van der Waals surface area contributed by atoms with Crippen LogP contribution in [0.1, 0.15) is 25.5 Å². The van der Waals surface area contributed by atoms with Gasteiger partial charge in [0.15, 0.2) is 0 Å². The van der Waals surface area contributed by atoms with Gasteiger partial charge in [-0.05, 0) is 80.1 Å². The lowest BCUT2D eigenvalue weighted by Crippen LogP contribution is -2.43. The minimum atomic E-state index is -0.560. The lowest BCUT2D eigenvalue weighted by Gasteiger charge is -2.35. The lowest BCUT2D eigenvalue weighted by molar-refractivity contribution is 0.254. The van der Waals surface area contributed by atoms with Crippen LogP contribution in [0.5, 0.6) is 0 Å². The Hall–Kier alpha value is -2.20. The summed E-state index contributed by atoms with van der Waals surface area (Å²) >= 11 is 18.4. The molecule has 4 rings (SSSR count). The van der Waals surface area contributed by atoms with Crippen LogP contribution >= 0.6 is 34.8 Å². The Morgan fingerprint density at radius 2 is 1.31 bits per heavy atom. The Kier molecular flexibility index (Phi) is 5.24. The molecule has 0 saturated carbocycles. The summed E-state index contributed by atoms with van der Waals surface area (Å²) in [7, 11) is 0. The number of anilines is 2. The summed E-state index contributed by atoms with van der Waals surface area (Å²) in [6, 6.07) is 21.9. The first-order chi connectivity index (χ1) is 13.8. The molecule has 29 heavy (non-hydrogen) atoms. The van der Waals surface area contributed by atoms with E-state index in [-0.39, 0.29) is 12.1 Å². The maximum atomic E-state index is 13.7. The number of rotatable bonds is 3. The van der Waals surface area contributed by atoms with E-state index >= 15 is 0 Å². The van der Waals surface area contributed by atoms with E-state index in [1.807, 2.05) is 53.4 Å². The molecule has 0 N–H and O–H groups in total. The largest absolute Gasteiger partial charge is 0.330 e.